The Morgan fingerprint density at radius 3 is 0.900 bits per heavy atom. The molecule has 0 saturated carbocycles. The molecule has 272 valence electrons. The van der Waals surface area contributed by atoms with E-state index in [1.165, 1.54) is 0 Å². The van der Waals surface area contributed by atoms with Gasteiger partial charge in [-0.25, -0.2) is 4.57 Å². The summed E-state index contributed by atoms with van der Waals surface area (Å²) in [7, 11) is -4.45. The average Bonchev–Trinajstić information content (AvgIpc) is 3.06. The van der Waals surface area contributed by atoms with Gasteiger partial charge in [-0.05, 0) is 16.7 Å². The summed E-state index contributed by atoms with van der Waals surface area (Å²) in [4.78, 5) is 39.3. The van der Waals surface area contributed by atoms with E-state index in [2.05, 4.69) is 16.0 Å². The molecule has 0 aliphatic heterocycles. The molecule has 0 aliphatic rings. The van der Waals surface area contributed by atoms with Crippen molar-refractivity contribution in [1.29, 1.82) is 0 Å². The quantitative estimate of drug-likeness (QED) is 0.137. The van der Waals surface area contributed by atoms with Gasteiger partial charge in [0.2, 0.25) is 17.7 Å². The molecule has 50 heavy (non-hydrogen) atoms. The first-order valence-electron chi connectivity index (χ1n) is 16.9. The van der Waals surface area contributed by atoms with Crippen LogP contribution in [0.1, 0.15) is 97.1 Å². The summed E-state index contributed by atoms with van der Waals surface area (Å²) < 4.78 is 32.8. The lowest BCUT2D eigenvalue weighted by Gasteiger charge is -2.29. The first-order valence-corrected chi connectivity index (χ1v) is 18.4. The molecule has 3 rings (SSSR count). The fourth-order valence-electron chi connectivity index (χ4n) is 4.45. The Kier molecular flexibility index (Phi) is 14.1. The van der Waals surface area contributed by atoms with Crippen LogP contribution in [0, 0.1) is 16.2 Å². The van der Waals surface area contributed by atoms with Crippen LogP contribution >= 0.6 is 7.82 Å². The van der Waals surface area contributed by atoms with Crippen molar-refractivity contribution in [2.45, 2.75) is 80.4 Å². The second-order valence-electron chi connectivity index (χ2n) is 15.4. The van der Waals surface area contributed by atoms with Crippen molar-refractivity contribution in [3.63, 3.8) is 0 Å². The zero-order valence-electron chi connectivity index (χ0n) is 30.8. The van der Waals surface area contributed by atoms with Gasteiger partial charge in [0.25, 0.3) is 0 Å². The van der Waals surface area contributed by atoms with Gasteiger partial charge in [0.05, 0.1) is 37.9 Å². The van der Waals surface area contributed by atoms with E-state index in [1.807, 2.05) is 91.0 Å². The highest BCUT2D eigenvalue weighted by molar-refractivity contribution is 7.48. The molecular weight excluding hydrogens is 653 g/mol. The minimum atomic E-state index is -4.45. The molecule has 11 heteroatoms. The SMILES string of the molecule is CC(C)(C)C(=O)N[C@@H](COP(=O)(OC[C@H](NC(=O)C(C)(C)C)c1ccccc1)OC[C@H](NC(=O)C(C)(C)C)c1ccccc1)c1ccccc1. The smallest absolute Gasteiger partial charge is 0.346 e. The maximum atomic E-state index is 14.7. The topological polar surface area (TPSA) is 132 Å². The number of carbonyl (C=O) groups excluding carboxylic acids is 3. The van der Waals surface area contributed by atoms with E-state index < -0.39 is 42.2 Å². The lowest BCUT2D eigenvalue weighted by atomic mass is 9.94. The van der Waals surface area contributed by atoms with Gasteiger partial charge in [0.1, 0.15) is 0 Å². The van der Waals surface area contributed by atoms with E-state index in [-0.39, 0.29) is 37.5 Å². The van der Waals surface area contributed by atoms with Crippen LogP contribution in [0.15, 0.2) is 91.0 Å². The van der Waals surface area contributed by atoms with Crippen molar-refractivity contribution in [3.05, 3.63) is 108 Å². The third-order valence-corrected chi connectivity index (χ3v) is 9.16. The molecule has 0 saturated heterocycles. The van der Waals surface area contributed by atoms with Gasteiger partial charge >= 0.3 is 7.82 Å². The molecule has 3 atom stereocenters. The van der Waals surface area contributed by atoms with Crippen molar-refractivity contribution < 1.29 is 32.5 Å². The number of phosphoric acid groups is 1. The van der Waals surface area contributed by atoms with Crippen LogP contribution in [0.5, 0.6) is 0 Å². The minimum absolute atomic E-state index is 0.227. The number of carbonyl (C=O) groups is 3. The summed E-state index contributed by atoms with van der Waals surface area (Å²) in [5.41, 5.74) is 0.0899. The zero-order chi connectivity index (χ0) is 37.2. The van der Waals surface area contributed by atoms with E-state index in [0.29, 0.717) is 0 Å². The number of amides is 3. The van der Waals surface area contributed by atoms with E-state index >= 15 is 0 Å². The molecule has 3 aromatic rings. The highest BCUT2D eigenvalue weighted by Crippen LogP contribution is 2.51. The third-order valence-electron chi connectivity index (χ3n) is 7.76. The average molecular weight is 708 g/mol. The molecule has 3 aromatic carbocycles. The van der Waals surface area contributed by atoms with Crippen molar-refractivity contribution in [2.75, 3.05) is 19.8 Å². The summed E-state index contributed by atoms with van der Waals surface area (Å²) in [5.74, 6) is -0.681. The normalized spacial score (nSPS) is 14.3. The first-order chi connectivity index (χ1) is 23.3. The van der Waals surface area contributed by atoms with Crippen molar-refractivity contribution in [1.82, 2.24) is 16.0 Å². The highest BCUT2D eigenvalue weighted by Gasteiger charge is 2.35. The van der Waals surface area contributed by atoms with E-state index in [9.17, 15) is 18.9 Å². The summed E-state index contributed by atoms with van der Waals surface area (Å²) in [6, 6.07) is 25.5. The first kappa shape index (κ1) is 40.6. The number of phosphoric ester groups is 1. The second kappa shape index (κ2) is 17.4. The number of benzene rings is 3. The Morgan fingerprint density at radius 2 is 0.700 bits per heavy atom. The van der Waals surface area contributed by atoms with Gasteiger partial charge in [0.15, 0.2) is 0 Å². The molecule has 0 fully saturated rings. The largest absolute Gasteiger partial charge is 0.475 e. The van der Waals surface area contributed by atoms with Gasteiger partial charge in [-0.2, -0.15) is 0 Å². The van der Waals surface area contributed by atoms with Crippen LogP contribution in [0.3, 0.4) is 0 Å². The Hall–Kier alpha value is -3.82. The Bertz CT molecular complexity index is 1390. The standard InChI is InChI=1S/C39H54N3O7P/c1-37(2,3)34(43)40-31(28-19-13-10-14-20-28)25-47-50(46,48-26-32(29-21-15-11-16-22-29)41-35(44)38(4,5)6)49-27-33(30-23-17-12-18-24-30)42-36(45)39(7,8)9/h10-24,31-33H,25-27H2,1-9H3,(H,40,43)(H,41,44)(H,42,45)/t31-,32-,33-/m0/s1. The zero-order valence-corrected chi connectivity index (χ0v) is 31.7. The lowest BCUT2D eigenvalue weighted by molar-refractivity contribution is -0.130. The van der Waals surface area contributed by atoms with E-state index in [4.69, 9.17) is 13.6 Å². The van der Waals surface area contributed by atoms with Gasteiger partial charge < -0.3 is 16.0 Å². The molecule has 0 spiro atoms. The molecule has 3 amide bonds. The Morgan fingerprint density at radius 1 is 0.480 bits per heavy atom. The molecular formula is C39H54N3O7P. The predicted octanol–water partition coefficient (Wildman–Crippen LogP) is 7.86. The monoisotopic (exact) mass is 707 g/mol. The van der Waals surface area contributed by atoms with Crippen LogP contribution in [0.4, 0.5) is 0 Å². The predicted molar refractivity (Wildman–Crippen MR) is 196 cm³/mol. The maximum Gasteiger partial charge on any atom is 0.475 e. The molecule has 0 bridgehead atoms. The number of rotatable bonds is 15. The van der Waals surface area contributed by atoms with Crippen LogP contribution in [0.25, 0.3) is 0 Å². The molecule has 0 aliphatic carbocycles. The number of hydrogen-bond acceptors (Lipinski definition) is 7. The van der Waals surface area contributed by atoms with Crippen LogP contribution < -0.4 is 16.0 Å². The third kappa shape index (κ3) is 12.8. The van der Waals surface area contributed by atoms with Crippen molar-refractivity contribution in [2.24, 2.45) is 16.2 Å². The summed E-state index contributed by atoms with van der Waals surface area (Å²) >= 11 is 0. The number of nitrogens with one attached hydrogen (secondary N) is 3. The second-order valence-corrected chi connectivity index (χ2v) is 17.1. The molecule has 3 N–H and O–H groups in total. The van der Waals surface area contributed by atoms with Crippen molar-refractivity contribution >= 4 is 25.5 Å². The summed E-state index contributed by atoms with van der Waals surface area (Å²) in [5, 5.41) is 9.01. The van der Waals surface area contributed by atoms with Crippen LogP contribution in [-0.4, -0.2) is 37.5 Å². The van der Waals surface area contributed by atoms with Gasteiger partial charge in [-0.15, -0.1) is 0 Å². The minimum Gasteiger partial charge on any atom is -0.346 e. The fraction of sp³-hybridized carbons (Fsp3) is 0.462. The van der Waals surface area contributed by atoms with Gasteiger partial charge in [0, 0.05) is 16.2 Å². The molecule has 0 aromatic heterocycles. The van der Waals surface area contributed by atoms with Crippen LogP contribution in [0.2, 0.25) is 0 Å². The van der Waals surface area contributed by atoms with Gasteiger partial charge in [-0.1, -0.05) is 153 Å². The molecule has 0 radical (unpaired) electrons. The fourth-order valence-corrected chi connectivity index (χ4v) is 5.67. The van der Waals surface area contributed by atoms with Crippen LogP contribution in [-0.2, 0) is 32.5 Å². The molecule has 0 heterocycles. The van der Waals surface area contributed by atoms with E-state index in [1.54, 1.807) is 62.3 Å². The summed E-state index contributed by atoms with van der Waals surface area (Å²) in [6.07, 6.45) is 0. The summed E-state index contributed by atoms with van der Waals surface area (Å²) in [6.45, 7) is 15.4. The molecule has 10 nitrogen and oxygen atoms in total. The van der Waals surface area contributed by atoms with Crippen molar-refractivity contribution in [3.8, 4) is 0 Å². The Balaban J connectivity index is 1.97. The molecule has 0 unspecified atom stereocenters. The highest BCUT2D eigenvalue weighted by atomic mass is 31.2. The Labute approximate surface area is 297 Å². The maximum absolute atomic E-state index is 14.7. The number of hydrogen-bond donors (Lipinski definition) is 3. The van der Waals surface area contributed by atoms with E-state index in [0.717, 1.165) is 16.7 Å². The van der Waals surface area contributed by atoms with Gasteiger partial charge in [-0.3, -0.25) is 28.0 Å². The lowest BCUT2D eigenvalue weighted by Crippen LogP contribution is -2.40.